The van der Waals surface area contributed by atoms with Crippen LogP contribution in [0.5, 0.6) is 0 Å². The highest BCUT2D eigenvalue weighted by atomic mass is 19.1. The van der Waals surface area contributed by atoms with Crippen molar-refractivity contribution in [1.82, 2.24) is 10.2 Å². The smallest absolute Gasteiger partial charge is 0.226 e. The van der Waals surface area contributed by atoms with Crippen molar-refractivity contribution in [3.05, 3.63) is 35.6 Å². The van der Waals surface area contributed by atoms with E-state index in [1.807, 2.05) is 0 Å². The summed E-state index contributed by atoms with van der Waals surface area (Å²) in [5.74, 6) is -0.299. The Morgan fingerprint density at radius 3 is 2.75 bits per heavy atom. The van der Waals surface area contributed by atoms with E-state index in [0.29, 0.717) is 50.9 Å². The van der Waals surface area contributed by atoms with Gasteiger partial charge in [-0.2, -0.15) is 0 Å². The van der Waals surface area contributed by atoms with Crippen LogP contribution in [-0.2, 0) is 16.0 Å². The first kappa shape index (κ1) is 16.9. The van der Waals surface area contributed by atoms with E-state index >= 15 is 0 Å². The number of halogens is 1. The highest BCUT2D eigenvalue weighted by Crippen LogP contribution is 2.38. The summed E-state index contributed by atoms with van der Waals surface area (Å²) < 4.78 is 13.6. The van der Waals surface area contributed by atoms with Crippen LogP contribution in [-0.4, -0.2) is 47.6 Å². The van der Waals surface area contributed by atoms with Crippen molar-refractivity contribution in [3.63, 3.8) is 0 Å². The summed E-state index contributed by atoms with van der Waals surface area (Å²) in [5, 5.41) is 12.6. The fourth-order valence-corrected chi connectivity index (χ4v) is 3.73. The number of piperidine rings is 2. The number of nitrogens with zero attached hydrogens (tertiary/aromatic N) is 1. The number of aliphatic hydroxyl groups is 1. The number of hydrogen-bond donors (Lipinski definition) is 2. The molecule has 1 atom stereocenters. The van der Waals surface area contributed by atoms with Crippen LogP contribution in [0.4, 0.5) is 4.39 Å². The molecule has 3 rings (SSSR count). The molecule has 0 aromatic heterocycles. The van der Waals surface area contributed by atoms with Gasteiger partial charge in [-0.25, -0.2) is 4.39 Å². The zero-order valence-electron chi connectivity index (χ0n) is 13.6. The van der Waals surface area contributed by atoms with Crippen molar-refractivity contribution >= 4 is 11.8 Å². The second-order valence-corrected chi connectivity index (χ2v) is 6.82. The molecule has 0 bridgehead atoms. The van der Waals surface area contributed by atoms with Crippen LogP contribution >= 0.6 is 0 Å². The molecule has 1 aromatic rings. The van der Waals surface area contributed by atoms with Gasteiger partial charge in [-0.3, -0.25) is 9.59 Å². The van der Waals surface area contributed by atoms with E-state index in [4.69, 9.17) is 0 Å². The Morgan fingerprint density at radius 1 is 1.33 bits per heavy atom. The van der Waals surface area contributed by atoms with E-state index in [0.717, 1.165) is 0 Å². The lowest BCUT2D eigenvalue weighted by molar-refractivity contribution is -0.145. The fourth-order valence-electron chi connectivity index (χ4n) is 3.73. The van der Waals surface area contributed by atoms with Gasteiger partial charge in [-0.05, 0) is 37.3 Å². The Morgan fingerprint density at radius 2 is 2.04 bits per heavy atom. The minimum absolute atomic E-state index is 0.00810. The van der Waals surface area contributed by atoms with Crippen LogP contribution in [0, 0.1) is 11.2 Å². The van der Waals surface area contributed by atoms with Crippen LogP contribution in [0.3, 0.4) is 0 Å². The Balaban J connectivity index is 1.54. The van der Waals surface area contributed by atoms with Gasteiger partial charge in [0, 0.05) is 26.1 Å². The van der Waals surface area contributed by atoms with Gasteiger partial charge in [0.2, 0.25) is 11.8 Å². The van der Waals surface area contributed by atoms with Gasteiger partial charge in [0.25, 0.3) is 0 Å². The molecule has 2 heterocycles. The quantitative estimate of drug-likeness (QED) is 0.874. The Bertz CT molecular complexity index is 626. The van der Waals surface area contributed by atoms with E-state index in [-0.39, 0.29) is 24.1 Å². The van der Waals surface area contributed by atoms with Crippen molar-refractivity contribution in [1.29, 1.82) is 0 Å². The Labute approximate surface area is 140 Å². The van der Waals surface area contributed by atoms with Gasteiger partial charge in [0.15, 0.2) is 0 Å². The van der Waals surface area contributed by atoms with E-state index in [2.05, 4.69) is 5.32 Å². The fraction of sp³-hybridized carbons (Fsp3) is 0.556. The largest absolute Gasteiger partial charge is 0.391 e. The van der Waals surface area contributed by atoms with Crippen molar-refractivity contribution in [3.8, 4) is 0 Å². The van der Waals surface area contributed by atoms with Crippen LogP contribution in [0.25, 0.3) is 0 Å². The molecule has 1 unspecified atom stereocenters. The summed E-state index contributed by atoms with van der Waals surface area (Å²) >= 11 is 0. The molecule has 0 aliphatic carbocycles. The molecule has 2 aliphatic rings. The molecule has 2 fully saturated rings. The van der Waals surface area contributed by atoms with Crippen LogP contribution in [0.15, 0.2) is 24.3 Å². The Kier molecular flexibility index (Phi) is 4.85. The van der Waals surface area contributed by atoms with Gasteiger partial charge in [-0.1, -0.05) is 18.2 Å². The minimum atomic E-state index is -0.542. The first-order chi connectivity index (χ1) is 11.5. The number of carbonyl (C=O) groups is 2. The van der Waals surface area contributed by atoms with Gasteiger partial charge in [-0.15, -0.1) is 0 Å². The SMILES string of the molecule is O=C(CCc1ccccc1F)N1CCC2(CC1)CC(O)CNC2=O. The average Bonchev–Trinajstić information content (AvgIpc) is 2.58. The molecule has 24 heavy (non-hydrogen) atoms. The first-order valence-corrected chi connectivity index (χ1v) is 8.48. The molecule has 130 valence electrons. The minimum Gasteiger partial charge on any atom is -0.391 e. The molecule has 5 nitrogen and oxygen atoms in total. The average molecular weight is 334 g/mol. The maximum absolute atomic E-state index is 13.6. The third-order valence-corrected chi connectivity index (χ3v) is 5.25. The molecule has 2 N–H and O–H groups in total. The first-order valence-electron chi connectivity index (χ1n) is 8.48. The van der Waals surface area contributed by atoms with Crippen LogP contribution in [0.1, 0.15) is 31.2 Å². The summed E-state index contributed by atoms with van der Waals surface area (Å²) in [7, 11) is 0. The third-order valence-electron chi connectivity index (χ3n) is 5.25. The van der Waals surface area contributed by atoms with Gasteiger partial charge < -0.3 is 15.3 Å². The van der Waals surface area contributed by atoms with Gasteiger partial charge in [0.1, 0.15) is 5.82 Å². The maximum Gasteiger partial charge on any atom is 0.226 e. The number of likely N-dealkylation sites (tertiary alicyclic amines) is 1. The lowest BCUT2D eigenvalue weighted by Gasteiger charge is -2.44. The highest BCUT2D eigenvalue weighted by Gasteiger charge is 2.45. The molecule has 1 aromatic carbocycles. The summed E-state index contributed by atoms with van der Waals surface area (Å²) in [4.78, 5) is 26.3. The van der Waals surface area contributed by atoms with Crippen LogP contribution < -0.4 is 5.32 Å². The number of aliphatic hydroxyl groups excluding tert-OH is 1. The predicted molar refractivity (Wildman–Crippen MR) is 86.6 cm³/mol. The number of hydrogen-bond acceptors (Lipinski definition) is 3. The summed E-state index contributed by atoms with van der Waals surface area (Å²) in [5.41, 5.74) is 0.00842. The number of benzene rings is 1. The molecular weight excluding hydrogens is 311 g/mol. The number of amides is 2. The maximum atomic E-state index is 13.6. The molecule has 0 radical (unpaired) electrons. The van der Waals surface area contributed by atoms with Crippen molar-refractivity contribution < 1.29 is 19.1 Å². The summed E-state index contributed by atoms with van der Waals surface area (Å²) in [6.07, 6.45) is 1.75. The van der Waals surface area contributed by atoms with E-state index in [9.17, 15) is 19.1 Å². The van der Waals surface area contributed by atoms with E-state index in [1.165, 1.54) is 6.07 Å². The standard InChI is InChI=1S/C18H23FN2O3/c19-15-4-2-1-3-13(15)5-6-16(23)21-9-7-18(8-10-21)11-14(22)12-20-17(18)24/h1-4,14,22H,5-12H2,(H,20,24). The van der Waals surface area contributed by atoms with Crippen molar-refractivity contribution in [2.24, 2.45) is 5.41 Å². The van der Waals surface area contributed by atoms with Gasteiger partial charge in [0.05, 0.1) is 11.5 Å². The summed E-state index contributed by atoms with van der Waals surface area (Å²) in [6.45, 7) is 1.33. The molecule has 6 heteroatoms. The predicted octanol–water partition coefficient (Wildman–Crippen LogP) is 1.25. The lowest BCUT2D eigenvalue weighted by Crippen LogP contribution is -2.56. The number of aryl methyl sites for hydroxylation is 1. The molecule has 0 saturated carbocycles. The lowest BCUT2D eigenvalue weighted by atomic mass is 9.71. The second kappa shape index (κ2) is 6.89. The van der Waals surface area contributed by atoms with Crippen molar-refractivity contribution in [2.75, 3.05) is 19.6 Å². The topological polar surface area (TPSA) is 69.6 Å². The van der Waals surface area contributed by atoms with Gasteiger partial charge >= 0.3 is 0 Å². The summed E-state index contributed by atoms with van der Waals surface area (Å²) in [6, 6.07) is 6.49. The second-order valence-electron chi connectivity index (χ2n) is 6.82. The number of nitrogens with one attached hydrogen (secondary N) is 1. The highest BCUT2D eigenvalue weighted by molar-refractivity contribution is 5.84. The zero-order valence-corrected chi connectivity index (χ0v) is 13.6. The Hall–Kier alpha value is -1.95. The van der Waals surface area contributed by atoms with E-state index < -0.39 is 11.5 Å². The monoisotopic (exact) mass is 334 g/mol. The molecule has 2 amide bonds. The number of carbonyl (C=O) groups excluding carboxylic acids is 2. The normalized spacial score (nSPS) is 23.2. The number of β-amino-alcohol motifs (C(OH)–C–C–N with tert-alkyl or cyclic N) is 1. The molecule has 1 spiro atoms. The molecule has 2 saturated heterocycles. The van der Waals surface area contributed by atoms with E-state index in [1.54, 1.807) is 23.1 Å². The zero-order chi connectivity index (χ0) is 17.2. The van der Waals surface area contributed by atoms with Crippen molar-refractivity contribution in [2.45, 2.75) is 38.2 Å². The molecule has 2 aliphatic heterocycles. The third kappa shape index (κ3) is 3.43. The molecular formula is C18H23FN2O3. The number of rotatable bonds is 3. The van der Waals surface area contributed by atoms with Crippen LogP contribution in [0.2, 0.25) is 0 Å².